The Morgan fingerprint density at radius 1 is 1.32 bits per heavy atom. The molecule has 3 aromatic rings. The molecule has 19 heavy (non-hydrogen) atoms. The Bertz CT molecular complexity index is 677. The summed E-state index contributed by atoms with van der Waals surface area (Å²) in [6, 6.07) is 1.60. The van der Waals surface area contributed by atoms with Crippen LogP contribution in [0.5, 0.6) is 0 Å². The average molecular weight is 274 g/mol. The third-order valence-electron chi connectivity index (χ3n) is 2.37. The van der Waals surface area contributed by atoms with Gasteiger partial charge in [0.2, 0.25) is 5.82 Å². The first-order valence-corrected chi connectivity index (χ1v) is 6.43. The van der Waals surface area contributed by atoms with Crippen LogP contribution < -0.4 is 5.73 Å². The van der Waals surface area contributed by atoms with Crippen LogP contribution in [0.25, 0.3) is 23.1 Å². The maximum Gasteiger partial charge on any atom is 0.277 e. The molecule has 0 aliphatic rings. The van der Waals surface area contributed by atoms with Crippen LogP contribution in [-0.2, 0) is 0 Å². The van der Waals surface area contributed by atoms with E-state index in [0.29, 0.717) is 23.1 Å². The van der Waals surface area contributed by atoms with Crippen LogP contribution in [0, 0.1) is 0 Å². The second kappa shape index (κ2) is 4.82. The Balaban J connectivity index is 1.92. The standard InChI is InChI=1S/C11H10N6OS/c1-6(12)11-15-8(4-19-11)10-16-9(17-18-10)7-2-3-13-5-14-7/h2-6H,12H2,1H3. The van der Waals surface area contributed by atoms with Crippen molar-refractivity contribution in [1.29, 1.82) is 0 Å². The van der Waals surface area contributed by atoms with E-state index in [1.165, 1.54) is 17.7 Å². The first-order chi connectivity index (χ1) is 9.24. The molecule has 0 fully saturated rings. The number of nitrogens with two attached hydrogens (primary N) is 1. The van der Waals surface area contributed by atoms with Crippen molar-refractivity contribution in [1.82, 2.24) is 25.1 Å². The molecule has 0 aliphatic carbocycles. The summed E-state index contributed by atoms with van der Waals surface area (Å²) in [7, 11) is 0. The van der Waals surface area contributed by atoms with Gasteiger partial charge in [0.15, 0.2) is 0 Å². The highest BCUT2D eigenvalue weighted by Crippen LogP contribution is 2.24. The molecule has 3 aromatic heterocycles. The molecule has 3 rings (SSSR count). The molecule has 0 aromatic carbocycles. The van der Waals surface area contributed by atoms with Gasteiger partial charge in [-0.25, -0.2) is 15.0 Å². The molecule has 8 heteroatoms. The van der Waals surface area contributed by atoms with E-state index in [1.54, 1.807) is 12.3 Å². The van der Waals surface area contributed by atoms with Crippen molar-refractivity contribution in [2.45, 2.75) is 13.0 Å². The molecule has 0 aliphatic heterocycles. The lowest BCUT2D eigenvalue weighted by atomic mass is 10.4. The maximum atomic E-state index is 5.77. The van der Waals surface area contributed by atoms with Crippen LogP contribution in [0.15, 0.2) is 28.5 Å². The molecule has 7 nitrogen and oxygen atoms in total. The zero-order chi connectivity index (χ0) is 13.2. The quantitative estimate of drug-likeness (QED) is 0.774. The largest absolute Gasteiger partial charge is 0.332 e. The highest BCUT2D eigenvalue weighted by molar-refractivity contribution is 7.10. The molecule has 0 bridgehead atoms. The lowest BCUT2D eigenvalue weighted by Gasteiger charge is -1.95. The van der Waals surface area contributed by atoms with Gasteiger partial charge < -0.3 is 10.3 Å². The van der Waals surface area contributed by atoms with Gasteiger partial charge in [-0.3, -0.25) is 0 Å². The molecule has 0 amide bonds. The molecule has 2 N–H and O–H groups in total. The fourth-order valence-corrected chi connectivity index (χ4v) is 2.20. The monoisotopic (exact) mass is 274 g/mol. The van der Waals surface area contributed by atoms with Gasteiger partial charge in [0.1, 0.15) is 22.7 Å². The average Bonchev–Trinajstić information content (AvgIpc) is 3.09. The third kappa shape index (κ3) is 2.35. The van der Waals surface area contributed by atoms with Crippen molar-refractivity contribution in [3.8, 4) is 23.1 Å². The number of hydrogen-bond donors (Lipinski definition) is 1. The van der Waals surface area contributed by atoms with Crippen molar-refractivity contribution in [2.24, 2.45) is 5.73 Å². The minimum atomic E-state index is -0.108. The molecule has 3 heterocycles. The Morgan fingerprint density at radius 3 is 2.89 bits per heavy atom. The predicted molar refractivity (Wildman–Crippen MR) is 69.0 cm³/mol. The number of aromatic nitrogens is 5. The van der Waals surface area contributed by atoms with Gasteiger partial charge in [0, 0.05) is 11.6 Å². The number of hydrogen-bond acceptors (Lipinski definition) is 8. The fraction of sp³-hybridized carbons (Fsp3) is 0.182. The second-order valence-corrected chi connectivity index (χ2v) is 4.77. The molecule has 0 saturated heterocycles. The van der Waals surface area contributed by atoms with Gasteiger partial charge in [-0.1, -0.05) is 5.16 Å². The summed E-state index contributed by atoms with van der Waals surface area (Å²) >= 11 is 1.47. The van der Waals surface area contributed by atoms with Gasteiger partial charge in [0.25, 0.3) is 5.89 Å². The van der Waals surface area contributed by atoms with Crippen LogP contribution in [0.4, 0.5) is 0 Å². The third-order valence-corrected chi connectivity index (χ3v) is 3.41. The first-order valence-electron chi connectivity index (χ1n) is 5.55. The molecule has 0 saturated carbocycles. The van der Waals surface area contributed by atoms with Gasteiger partial charge in [-0.15, -0.1) is 11.3 Å². The Morgan fingerprint density at radius 2 is 2.21 bits per heavy atom. The topological polar surface area (TPSA) is 104 Å². The molecular weight excluding hydrogens is 264 g/mol. The van der Waals surface area contributed by atoms with E-state index < -0.39 is 0 Å². The predicted octanol–water partition coefficient (Wildman–Crippen LogP) is 1.67. The van der Waals surface area contributed by atoms with E-state index in [4.69, 9.17) is 10.3 Å². The summed E-state index contributed by atoms with van der Waals surface area (Å²) in [5, 5.41) is 6.55. The molecule has 1 unspecified atom stereocenters. The van der Waals surface area contributed by atoms with Gasteiger partial charge in [-0.2, -0.15) is 4.98 Å². The summed E-state index contributed by atoms with van der Waals surface area (Å²) in [6.07, 6.45) is 3.05. The number of rotatable bonds is 3. The van der Waals surface area contributed by atoms with Gasteiger partial charge in [0.05, 0.1) is 6.04 Å². The zero-order valence-electron chi connectivity index (χ0n) is 10.0. The lowest BCUT2D eigenvalue weighted by molar-refractivity contribution is 0.431. The van der Waals surface area contributed by atoms with Crippen LogP contribution in [0.3, 0.4) is 0 Å². The van der Waals surface area contributed by atoms with Crippen molar-refractivity contribution >= 4 is 11.3 Å². The summed E-state index contributed by atoms with van der Waals surface area (Å²) in [4.78, 5) is 16.5. The van der Waals surface area contributed by atoms with E-state index in [0.717, 1.165) is 5.01 Å². The van der Waals surface area contributed by atoms with Gasteiger partial charge in [-0.05, 0) is 13.0 Å². The maximum absolute atomic E-state index is 5.77. The van der Waals surface area contributed by atoms with Crippen molar-refractivity contribution in [2.75, 3.05) is 0 Å². The van der Waals surface area contributed by atoms with Crippen LogP contribution >= 0.6 is 11.3 Å². The van der Waals surface area contributed by atoms with E-state index >= 15 is 0 Å². The summed E-state index contributed by atoms with van der Waals surface area (Å²) in [5.41, 5.74) is 7.00. The molecular formula is C11H10N6OS. The number of thiazole rings is 1. The van der Waals surface area contributed by atoms with Crippen molar-refractivity contribution < 1.29 is 4.52 Å². The van der Waals surface area contributed by atoms with Crippen LogP contribution in [0.2, 0.25) is 0 Å². The minimum absolute atomic E-state index is 0.108. The van der Waals surface area contributed by atoms with E-state index in [9.17, 15) is 0 Å². The zero-order valence-corrected chi connectivity index (χ0v) is 10.8. The number of nitrogens with zero attached hydrogens (tertiary/aromatic N) is 5. The molecule has 96 valence electrons. The van der Waals surface area contributed by atoms with Crippen molar-refractivity contribution in [3.63, 3.8) is 0 Å². The normalized spacial score (nSPS) is 12.5. The highest BCUT2D eigenvalue weighted by Gasteiger charge is 2.15. The minimum Gasteiger partial charge on any atom is -0.332 e. The lowest BCUT2D eigenvalue weighted by Crippen LogP contribution is -2.03. The molecule has 0 radical (unpaired) electrons. The Hall–Kier alpha value is -2.19. The second-order valence-electron chi connectivity index (χ2n) is 3.88. The molecule has 1 atom stereocenters. The SMILES string of the molecule is CC(N)c1nc(-c2nc(-c3ccncn3)no2)cs1. The Kier molecular flexibility index (Phi) is 3.02. The van der Waals surface area contributed by atoms with E-state index in [-0.39, 0.29) is 6.04 Å². The summed E-state index contributed by atoms with van der Waals surface area (Å²) in [6.45, 7) is 1.88. The van der Waals surface area contributed by atoms with E-state index in [2.05, 4.69) is 25.1 Å². The van der Waals surface area contributed by atoms with Gasteiger partial charge >= 0.3 is 0 Å². The first kappa shape index (κ1) is 11.9. The van der Waals surface area contributed by atoms with Crippen LogP contribution in [0.1, 0.15) is 18.0 Å². The summed E-state index contributed by atoms with van der Waals surface area (Å²) < 4.78 is 5.18. The smallest absolute Gasteiger partial charge is 0.277 e. The summed E-state index contributed by atoms with van der Waals surface area (Å²) in [5.74, 6) is 0.768. The van der Waals surface area contributed by atoms with Crippen molar-refractivity contribution in [3.05, 3.63) is 29.0 Å². The Labute approximate surface area is 112 Å². The highest BCUT2D eigenvalue weighted by atomic mass is 32.1. The molecule has 0 spiro atoms. The van der Waals surface area contributed by atoms with E-state index in [1.807, 2.05) is 12.3 Å². The van der Waals surface area contributed by atoms with Crippen LogP contribution in [-0.4, -0.2) is 25.1 Å². The fourth-order valence-electron chi connectivity index (χ4n) is 1.45.